The van der Waals surface area contributed by atoms with E-state index in [1.165, 1.54) is 32.6 Å². The van der Waals surface area contributed by atoms with E-state index in [0.717, 1.165) is 12.8 Å². The van der Waals surface area contributed by atoms with Crippen molar-refractivity contribution >= 4 is 35.5 Å². The molecular weight excluding hydrogens is 622 g/mol. The monoisotopic (exact) mass is 681 g/mol. The summed E-state index contributed by atoms with van der Waals surface area (Å²) in [6.07, 6.45) is 11.5. The van der Waals surface area contributed by atoms with E-state index in [2.05, 4.69) is 39.6 Å². The van der Waals surface area contributed by atoms with Crippen LogP contribution in [0.5, 0.6) is 0 Å². The lowest BCUT2D eigenvalue weighted by Crippen LogP contribution is -2.63. The number of esters is 1. The highest BCUT2D eigenvalue weighted by Crippen LogP contribution is 2.15. The number of unbranched alkanes of at least 4 members (excludes halogenated alkanes) is 6. The first-order valence-electron chi connectivity index (χ1n) is 17.4. The van der Waals surface area contributed by atoms with Crippen LogP contribution in [0.3, 0.4) is 0 Å². The number of rotatable bonds is 16. The Hall–Kier alpha value is -3.52. The molecule has 0 saturated carbocycles. The lowest BCUT2D eigenvalue weighted by Gasteiger charge is -2.31. The first-order chi connectivity index (χ1) is 22.8. The number of ether oxygens (including phenoxy) is 1. The van der Waals surface area contributed by atoms with E-state index in [-0.39, 0.29) is 6.42 Å². The summed E-state index contributed by atoms with van der Waals surface area (Å²) in [5.74, 6) is -5.72. The van der Waals surface area contributed by atoms with Crippen molar-refractivity contribution in [1.29, 1.82) is 0 Å². The van der Waals surface area contributed by atoms with Crippen molar-refractivity contribution in [2.24, 2.45) is 11.8 Å². The number of carbonyl (C=O) groups excluding carboxylic acids is 6. The molecule has 1 aliphatic rings. The molecule has 274 valence electrons. The zero-order valence-electron chi connectivity index (χ0n) is 29.5. The van der Waals surface area contributed by atoms with Crippen LogP contribution in [0.2, 0.25) is 0 Å². The average Bonchev–Trinajstić information content (AvgIpc) is 3.05. The number of aliphatic hydroxyl groups excluding tert-OH is 2. The molecule has 1 saturated heterocycles. The van der Waals surface area contributed by atoms with Crippen molar-refractivity contribution in [3.05, 3.63) is 12.2 Å². The zero-order chi connectivity index (χ0) is 36.2. The second-order valence-electron chi connectivity index (χ2n) is 12.8. The third-order valence-corrected chi connectivity index (χ3v) is 8.43. The van der Waals surface area contributed by atoms with Crippen LogP contribution in [0.4, 0.5) is 0 Å². The Balaban J connectivity index is 3.24. The van der Waals surface area contributed by atoms with Gasteiger partial charge in [0.15, 0.2) is 0 Å². The molecule has 0 aliphatic carbocycles. The van der Waals surface area contributed by atoms with Gasteiger partial charge >= 0.3 is 5.97 Å². The predicted octanol–water partition coefficient (Wildman–Crippen LogP) is 1.13. The van der Waals surface area contributed by atoms with E-state index in [9.17, 15) is 39.0 Å². The molecular formula is C34H59N5O9. The highest BCUT2D eigenvalue weighted by molar-refractivity contribution is 5.96. The van der Waals surface area contributed by atoms with Gasteiger partial charge in [-0.05, 0) is 44.4 Å². The molecule has 1 heterocycles. The number of hydrogen-bond donors (Lipinski definition) is 7. The summed E-state index contributed by atoms with van der Waals surface area (Å²) < 4.78 is 5.65. The molecule has 5 amide bonds. The smallest absolute Gasteiger partial charge is 0.329 e. The zero-order valence-corrected chi connectivity index (χ0v) is 29.5. The highest BCUT2D eigenvalue weighted by Gasteiger charge is 2.38. The van der Waals surface area contributed by atoms with Crippen LogP contribution in [0.1, 0.15) is 106 Å². The number of carbonyl (C=O) groups is 6. The van der Waals surface area contributed by atoms with Crippen molar-refractivity contribution in [2.45, 2.75) is 142 Å². The summed E-state index contributed by atoms with van der Waals surface area (Å²) in [4.78, 5) is 79.2. The third kappa shape index (κ3) is 14.7. The molecule has 14 heteroatoms. The largest absolute Gasteiger partial charge is 0.458 e. The molecule has 1 rings (SSSR count). The number of hydrogen-bond acceptors (Lipinski definition) is 9. The number of aliphatic hydroxyl groups is 2. The van der Waals surface area contributed by atoms with E-state index >= 15 is 0 Å². The van der Waals surface area contributed by atoms with E-state index in [1.807, 2.05) is 13.0 Å². The second-order valence-corrected chi connectivity index (χ2v) is 12.8. The fourth-order valence-corrected chi connectivity index (χ4v) is 5.07. The van der Waals surface area contributed by atoms with Crippen LogP contribution >= 0.6 is 0 Å². The Labute approximate surface area is 285 Å². The first kappa shape index (κ1) is 42.5. The van der Waals surface area contributed by atoms with Gasteiger partial charge in [-0.1, -0.05) is 78.9 Å². The Morgan fingerprint density at radius 2 is 1.31 bits per heavy atom. The minimum absolute atomic E-state index is 0.0740. The SMILES string of the molecule is CCCCCCCC=CCCCC(=O)NC1C(=O)NC(CO)C(=O)NC(CO)C(=O)NC(C(C)C)C(=O)NC(C(C)CC)C(=O)OC1C. The molecule has 0 bridgehead atoms. The Morgan fingerprint density at radius 3 is 1.88 bits per heavy atom. The molecule has 0 aromatic carbocycles. The lowest BCUT2D eigenvalue weighted by atomic mass is 9.97. The molecule has 7 N–H and O–H groups in total. The highest BCUT2D eigenvalue weighted by atomic mass is 16.5. The molecule has 0 spiro atoms. The third-order valence-electron chi connectivity index (χ3n) is 8.43. The fraction of sp³-hybridized carbons (Fsp3) is 0.765. The summed E-state index contributed by atoms with van der Waals surface area (Å²) >= 11 is 0. The van der Waals surface area contributed by atoms with Gasteiger partial charge in [0.25, 0.3) is 0 Å². The van der Waals surface area contributed by atoms with Crippen LogP contribution < -0.4 is 26.6 Å². The van der Waals surface area contributed by atoms with Crippen LogP contribution in [0.25, 0.3) is 0 Å². The van der Waals surface area contributed by atoms with Gasteiger partial charge in [-0.3, -0.25) is 24.0 Å². The molecule has 7 atom stereocenters. The quantitative estimate of drug-likeness (QED) is 0.0706. The molecule has 14 nitrogen and oxygen atoms in total. The first-order valence-corrected chi connectivity index (χ1v) is 17.4. The lowest BCUT2D eigenvalue weighted by molar-refractivity contribution is -0.157. The summed E-state index contributed by atoms with van der Waals surface area (Å²) in [7, 11) is 0. The normalized spacial score (nSPS) is 25.6. The number of allylic oxidation sites excluding steroid dienone is 2. The van der Waals surface area contributed by atoms with Crippen molar-refractivity contribution in [1.82, 2.24) is 26.6 Å². The van der Waals surface area contributed by atoms with Crippen LogP contribution in [-0.2, 0) is 33.5 Å². The Morgan fingerprint density at radius 1 is 0.771 bits per heavy atom. The summed E-state index contributed by atoms with van der Waals surface area (Å²) in [6, 6.07) is -6.88. The van der Waals surface area contributed by atoms with Crippen LogP contribution in [-0.4, -0.2) is 95.2 Å². The molecule has 0 aromatic rings. The molecule has 1 fully saturated rings. The van der Waals surface area contributed by atoms with Gasteiger partial charge in [0.1, 0.15) is 36.3 Å². The summed E-state index contributed by atoms with van der Waals surface area (Å²) in [5.41, 5.74) is 0. The van der Waals surface area contributed by atoms with Crippen molar-refractivity contribution in [2.75, 3.05) is 13.2 Å². The minimum atomic E-state index is -1.58. The standard InChI is InChI=1S/C34H59N5O9/c1-7-9-10-11-12-13-14-15-16-17-18-26(42)37-29-23(6)48-34(47)28(22(5)8-2)39-32(45)27(21(3)4)38-31(44)25(20-41)35-30(43)24(19-40)36-33(29)46/h14-15,21-25,27-29,40-41H,7-13,16-20H2,1-6H3,(H,35,43)(H,36,46)(H,37,42)(H,38,44)(H,39,45). The minimum Gasteiger partial charge on any atom is -0.458 e. The van der Waals surface area contributed by atoms with Gasteiger partial charge in [0.2, 0.25) is 29.5 Å². The van der Waals surface area contributed by atoms with Gasteiger partial charge in [-0.15, -0.1) is 0 Å². The Bertz CT molecular complexity index is 1080. The maximum absolute atomic E-state index is 13.5. The summed E-state index contributed by atoms with van der Waals surface area (Å²) in [5, 5.41) is 32.2. The maximum Gasteiger partial charge on any atom is 0.329 e. The van der Waals surface area contributed by atoms with E-state index < -0.39 is 96.9 Å². The van der Waals surface area contributed by atoms with Crippen molar-refractivity contribution in [3.8, 4) is 0 Å². The average molecular weight is 682 g/mol. The maximum atomic E-state index is 13.5. The topological polar surface area (TPSA) is 212 Å². The number of nitrogens with one attached hydrogen (secondary N) is 5. The van der Waals surface area contributed by atoms with Gasteiger partial charge in [0, 0.05) is 6.42 Å². The van der Waals surface area contributed by atoms with Crippen LogP contribution in [0.15, 0.2) is 12.2 Å². The molecule has 0 aromatic heterocycles. The van der Waals surface area contributed by atoms with Crippen molar-refractivity contribution < 1.29 is 43.7 Å². The molecule has 48 heavy (non-hydrogen) atoms. The van der Waals surface area contributed by atoms with E-state index in [0.29, 0.717) is 19.3 Å². The van der Waals surface area contributed by atoms with Gasteiger partial charge < -0.3 is 41.5 Å². The fourth-order valence-electron chi connectivity index (χ4n) is 5.07. The Kier molecular flexibility index (Phi) is 20.3. The van der Waals surface area contributed by atoms with Crippen LogP contribution in [0, 0.1) is 11.8 Å². The van der Waals surface area contributed by atoms with Gasteiger partial charge in [-0.2, -0.15) is 0 Å². The molecule has 1 aliphatic heterocycles. The van der Waals surface area contributed by atoms with Gasteiger partial charge in [0.05, 0.1) is 13.2 Å². The van der Waals surface area contributed by atoms with E-state index in [1.54, 1.807) is 20.8 Å². The number of amides is 5. The van der Waals surface area contributed by atoms with E-state index in [4.69, 9.17) is 4.74 Å². The second kappa shape index (κ2) is 22.9. The molecule has 7 unspecified atom stereocenters. The summed E-state index contributed by atoms with van der Waals surface area (Å²) in [6.45, 7) is 8.73. The molecule has 0 radical (unpaired) electrons. The number of cyclic esters (lactones) is 1. The van der Waals surface area contributed by atoms with Gasteiger partial charge in [-0.25, -0.2) is 4.79 Å². The predicted molar refractivity (Wildman–Crippen MR) is 180 cm³/mol. The van der Waals surface area contributed by atoms with Crippen molar-refractivity contribution in [3.63, 3.8) is 0 Å².